The summed E-state index contributed by atoms with van der Waals surface area (Å²) in [6.45, 7) is 2.88. The number of hydrogen-bond acceptors (Lipinski definition) is 3. The van der Waals surface area contributed by atoms with Crippen LogP contribution in [0.4, 0.5) is 0 Å². The average molecular weight is 251 g/mol. The highest BCUT2D eigenvalue weighted by molar-refractivity contribution is 5.70. The molecule has 1 atom stereocenters. The average Bonchev–Trinajstić information content (AvgIpc) is 2.35. The van der Waals surface area contributed by atoms with Crippen LogP contribution in [-0.2, 0) is 17.8 Å². The van der Waals surface area contributed by atoms with Crippen molar-refractivity contribution >= 4 is 5.97 Å². The number of carbonyl (C=O) groups is 1. The van der Waals surface area contributed by atoms with Crippen molar-refractivity contribution in [3.05, 3.63) is 35.4 Å². The van der Waals surface area contributed by atoms with E-state index in [0.717, 1.165) is 24.0 Å². The lowest BCUT2D eigenvalue weighted by atomic mass is 10.0. The number of carboxylic acids is 1. The molecule has 1 rings (SSSR count). The summed E-state index contributed by atoms with van der Waals surface area (Å²) in [5, 5.41) is 21.1. The molecule has 0 aliphatic carbocycles. The fourth-order valence-electron chi connectivity index (χ4n) is 1.93. The van der Waals surface area contributed by atoms with Gasteiger partial charge >= 0.3 is 5.97 Å². The molecule has 100 valence electrons. The van der Waals surface area contributed by atoms with Crippen LogP contribution in [0.2, 0.25) is 0 Å². The first kappa shape index (κ1) is 14.7. The molecule has 3 N–H and O–H groups in total. The molecule has 0 aliphatic rings. The van der Waals surface area contributed by atoms with Gasteiger partial charge in [0.25, 0.3) is 0 Å². The lowest BCUT2D eigenvalue weighted by Crippen LogP contribution is -2.29. The molecule has 4 nitrogen and oxygen atoms in total. The quantitative estimate of drug-likeness (QED) is 0.656. The van der Waals surface area contributed by atoms with Crippen LogP contribution in [0.5, 0.6) is 0 Å². The molecule has 0 fully saturated rings. The zero-order valence-corrected chi connectivity index (χ0v) is 10.7. The van der Waals surface area contributed by atoms with Crippen molar-refractivity contribution in [3.8, 4) is 0 Å². The molecular weight excluding hydrogens is 230 g/mol. The molecule has 1 unspecified atom stereocenters. The molecule has 4 heteroatoms. The van der Waals surface area contributed by atoms with Gasteiger partial charge in [-0.05, 0) is 24.0 Å². The minimum atomic E-state index is -0.815. The summed E-state index contributed by atoms with van der Waals surface area (Å²) < 4.78 is 0. The third-order valence-corrected chi connectivity index (χ3v) is 3.01. The standard InChI is InChI=1S/C14H21NO3/c1-2-13(7-8-16)15-10-12-6-4-3-5-11(12)9-14(17)18/h3-6,13,15-16H,2,7-10H2,1H3,(H,17,18). The first-order valence-electron chi connectivity index (χ1n) is 6.30. The molecule has 0 radical (unpaired) electrons. The second-order valence-electron chi connectivity index (χ2n) is 4.34. The van der Waals surface area contributed by atoms with E-state index >= 15 is 0 Å². The van der Waals surface area contributed by atoms with E-state index in [0.29, 0.717) is 6.54 Å². The molecule has 0 bridgehead atoms. The first-order valence-corrected chi connectivity index (χ1v) is 6.30. The van der Waals surface area contributed by atoms with Gasteiger partial charge in [-0.1, -0.05) is 31.2 Å². The predicted octanol–water partition coefficient (Wildman–Crippen LogP) is 1.56. The van der Waals surface area contributed by atoms with Crippen molar-refractivity contribution in [2.75, 3.05) is 6.61 Å². The van der Waals surface area contributed by atoms with Crippen LogP contribution in [-0.4, -0.2) is 28.8 Å². The second-order valence-corrected chi connectivity index (χ2v) is 4.34. The molecule has 0 aliphatic heterocycles. The summed E-state index contributed by atoms with van der Waals surface area (Å²) in [5.74, 6) is -0.815. The predicted molar refractivity (Wildman–Crippen MR) is 70.4 cm³/mol. The van der Waals surface area contributed by atoms with E-state index in [4.69, 9.17) is 10.2 Å². The van der Waals surface area contributed by atoms with Gasteiger partial charge in [-0.25, -0.2) is 0 Å². The van der Waals surface area contributed by atoms with E-state index in [1.54, 1.807) is 0 Å². The number of aliphatic carboxylic acids is 1. The molecule has 0 aromatic heterocycles. The molecular formula is C14H21NO3. The van der Waals surface area contributed by atoms with Crippen LogP contribution in [0, 0.1) is 0 Å². The van der Waals surface area contributed by atoms with E-state index in [2.05, 4.69) is 12.2 Å². The Bertz CT molecular complexity index is 379. The summed E-state index contributed by atoms with van der Waals surface area (Å²) >= 11 is 0. The molecule has 18 heavy (non-hydrogen) atoms. The Morgan fingerprint density at radius 1 is 1.33 bits per heavy atom. The van der Waals surface area contributed by atoms with Crippen LogP contribution in [0.15, 0.2) is 24.3 Å². The maximum Gasteiger partial charge on any atom is 0.307 e. The Morgan fingerprint density at radius 3 is 2.56 bits per heavy atom. The zero-order chi connectivity index (χ0) is 13.4. The van der Waals surface area contributed by atoms with E-state index in [-0.39, 0.29) is 19.1 Å². The Labute approximate surface area is 108 Å². The zero-order valence-electron chi connectivity index (χ0n) is 10.7. The number of aliphatic hydroxyl groups excluding tert-OH is 1. The number of aliphatic hydroxyl groups is 1. The highest BCUT2D eigenvalue weighted by Crippen LogP contribution is 2.10. The van der Waals surface area contributed by atoms with Gasteiger partial charge in [0.1, 0.15) is 0 Å². The lowest BCUT2D eigenvalue weighted by molar-refractivity contribution is -0.136. The molecule has 0 heterocycles. The fourth-order valence-corrected chi connectivity index (χ4v) is 1.93. The van der Waals surface area contributed by atoms with Crippen molar-refractivity contribution in [1.82, 2.24) is 5.32 Å². The molecule has 0 spiro atoms. The largest absolute Gasteiger partial charge is 0.481 e. The van der Waals surface area contributed by atoms with E-state index in [9.17, 15) is 4.79 Å². The molecule has 1 aromatic rings. The second kappa shape index (κ2) is 7.84. The minimum absolute atomic E-state index is 0.0502. The number of benzene rings is 1. The van der Waals surface area contributed by atoms with Crippen molar-refractivity contribution < 1.29 is 15.0 Å². The first-order chi connectivity index (χ1) is 8.67. The van der Waals surface area contributed by atoms with Gasteiger partial charge in [0.05, 0.1) is 6.42 Å². The summed E-state index contributed by atoms with van der Waals surface area (Å²) in [6, 6.07) is 7.82. The highest BCUT2D eigenvalue weighted by atomic mass is 16.4. The van der Waals surface area contributed by atoms with Crippen LogP contribution < -0.4 is 5.32 Å². The minimum Gasteiger partial charge on any atom is -0.481 e. The summed E-state index contributed by atoms with van der Waals surface area (Å²) in [5.41, 5.74) is 1.85. The normalized spacial score (nSPS) is 12.3. The van der Waals surface area contributed by atoms with Gasteiger partial charge in [-0.3, -0.25) is 4.79 Å². The van der Waals surface area contributed by atoms with Gasteiger partial charge in [0.2, 0.25) is 0 Å². The van der Waals surface area contributed by atoms with Crippen molar-refractivity contribution in [3.63, 3.8) is 0 Å². The Morgan fingerprint density at radius 2 is 2.00 bits per heavy atom. The van der Waals surface area contributed by atoms with Crippen LogP contribution in [0.1, 0.15) is 30.9 Å². The third kappa shape index (κ3) is 4.85. The van der Waals surface area contributed by atoms with Crippen molar-refractivity contribution in [1.29, 1.82) is 0 Å². The highest BCUT2D eigenvalue weighted by Gasteiger charge is 2.08. The Hall–Kier alpha value is -1.39. The fraction of sp³-hybridized carbons (Fsp3) is 0.500. The van der Waals surface area contributed by atoms with Gasteiger partial charge in [0, 0.05) is 19.2 Å². The van der Waals surface area contributed by atoms with Gasteiger partial charge < -0.3 is 15.5 Å². The topological polar surface area (TPSA) is 69.6 Å². The monoisotopic (exact) mass is 251 g/mol. The van der Waals surface area contributed by atoms with E-state index < -0.39 is 5.97 Å². The number of carboxylic acid groups (broad SMARTS) is 1. The maximum absolute atomic E-state index is 10.8. The van der Waals surface area contributed by atoms with Crippen LogP contribution in [0.25, 0.3) is 0 Å². The van der Waals surface area contributed by atoms with E-state index in [1.165, 1.54) is 0 Å². The number of nitrogens with one attached hydrogen (secondary N) is 1. The van der Waals surface area contributed by atoms with Crippen molar-refractivity contribution in [2.24, 2.45) is 0 Å². The molecule has 0 amide bonds. The van der Waals surface area contributed by atoms with E-state index in [1.807, 2.05) is 24.3 Å². The van der Waals surface area contributed by atoms with Gasteiger partial charge in [-0.15, -0.1) is 0 Å². The lowest BCUT2D eigenvalue weighted by Gasteiger charge is -2.17. The molecule has 1 aromatic carbocycles. The van der Waals surface area contributed by atoms with Gasteiger partial charge in [0.15, 0.2) is 0 Å². The summed E-state index contributed by atoms with van der Waals surface area (Å²) in [7, 11) is 0. The molecule has 0 saturated carbocycles. The number of rotatable bonds is 8. The van der Waals surface area contributed by atoms with Gasteiger partial charge in [-0.2, -0.15) is 0 Å². The van der Waals surface area contributed by atoms with Crippen LogP contribution >= 0.6 is 0 Å². The Balaban J connectivity index is 2.62. The molecule has 0 saturated heterocycles. The van der Waals surface area contributed by atoms with Crippen molar-refractivity contribution in [2.45, 2.75) is 38.8 Å². The SMILES string of the molecule is CCC(CCO)NCc1ccccc1CC(=O)O. The third-order valence-electron chi connectivity index (χ3n) is 3.01. The smallest absolute Gasteiger partial charge is 0.307 e. The summed E-state index contributed by atoms with van der Waals surface area (Å²) in [6.07, 6.45) is 1.72. The van der Waals surface area contributed by atoms with Crippen LogP contribution in [0.3, 0.4) is 0 Å². The number of hydrogen-bond donors (Lipinski definition) is 3. The summed E-state index contributed by atoms with van der Waals surface area (Å²) in [4.78, 5) is 10.8. The maximum atomic E-state index is 10.8. The Kier molecular flexibility index (Phi) is 6.39.